The van der Waals surface area contributed by atoms with Gasteiger partial charge in [-0.3, -0.25) is 0 Å². The Balaban J connectivity index is 1.96. The minimum absolute atomic E-state index is 0.138. The highest BCUT2D eigenvalue weighted by atomic mass is 19.1. The van der Waals surface area contributed by atoms with Crippen molar-refractivity contribution in [2.75, 3.05) is 5.32 Å². The fourth-order valence-electron chi connectivity index (χ4n) is 2.35. The highest BCUT2D eigenvalue weighted by Gasteiger charge is 2.20. The average molecular weight is 221 g/mol. The Morgan fingerprint density at radius 2 is 2.19 bits per heavy atom. The van der Waals surface area contributed by atoms with E-state index in [1.807, 2.05) is 13.0 Å². The zero-order valence-electron chi connectivity index (χ0n) is 10.1. The van der Waals surface area contributed by atoms with Gasteiger partial charge in [-0.15, -0.1) is 0 Å². The van der Waals surface area contributed by atoms with E-state index in [0.29, 0.717) is 11.7 Å². The molecule has 2 heteroatoms. The van der Waals surface area contributed by atoms with Gasteiger partial charge < -0.3 is 5.32 Å². The first-order valence-corrected chi connectivity index (χ1v) is 6.18. The van der Waals surface area contributed by atoms with Crippen molar-refractivity contribution < 1.29 is 4.39 Å². The monoisotopic (exact) mass is 221 g/mol. The number of rotatable bonds is 4. The van der Waals surface area contributed by atoms with Gasteiger partial charge in [-0.2, -0.15) is 0 Å². The van der Waals surface area contributed by atoms with E-state index in [2.05, 4.69) is 12.2 Å². The van der Waals surface area contributed by atoms with Crippen molar-refractivity contribution in [3.05, 3.63) is 29.6 Å². The summed E-state index contributed by atoms with van der Waals surface area (Å²) in [6, 6.07) is 5.58. The summed E-state index contributed by atoms with van der Waals surface area (Å²) in [4.78, 5) is 0. The molecule has 1 nitrogen and oxygen atoms in total. The molecule has 2 rings (SSSR count). The minimum Gasteiger partial charge on any atom is -0.380 e. The maximum atomic E-state index is 13.6. The zero-order chi connectivity index (χ0) is 11.5. The van der Waals surface area contributed by atoms with Crippen LogP contribution < -0.4 is 5.32 Å². The number of para-hydroxylation sites is 1. The molecule has 0 heterocycles. The first-order chi connectivity index (χ1) is 7.66. The lowest BCUT2D eigenvalue weighted by atomic mass is 9.81. The number of nitrogens with one attached hydrogen (secondary N) is 1. The number of halogens is 1. The van der Waals surface area contributed by atoms with Crippen LogP contribution in [0.2, 0.25) is 0 Å². The van der Waals surface area contributed by atoms with Gasteiger partial charge in [0.2, 0.25) is 0 Å². The topological polar surface area (TPSA) is 12.0 Å². The Labute approximate surface area is 97.1 Å². The predicted octanol–water partition coefficient (Wildman–Crippen LogP) is 4.12. The molecule has 0 radical (unpaired) electrons. The molecule has 1 aliphatic rings. The van der Waals surface area contributed by atoms with Crippen molar-refractivity contribution in [2.24, 2.45) is 5.92 Å². The van der Waals surface area contributed by atoms with Crippen molar-refractivity contribution in [2.45, 2.75) is 45.6 Å². The summed E-state index contributed by atoms with van der Waals surface area (Å²) in [6.07, 6.45) is 5.23. The maximum absolute atomic E-state index is 13.6. The molecule has 88 valence electrons. The van der Waals surface area contributed by atoms with E-state index in [-0.39, 0.29) is 5.82 Å². The molecule has 1 unspecified atom stereocenters. The number of benzene rings is 1. The summed E-state index contributed by atoms with van der Waals surface area (Å²) in [5, 5.41) is 3.30. The summed E-state index contributed by atoms with van der Waals surface area (Å²) in [6.45, 7) is 4.09. The predicted molar refractivity (Wildman–Crippen MR) is 66.2 cm³/mol. The second-order valence-electron chi connectivity index (χ2n) is 5.01. The SMILES string of the molecule is Cc1cccc(F)c1NC(C)CC1CCC1. The molecule has 16 heavy (non-hydrogen) atoms. The van der Waals surface area contributed by atoms with E-state index < -0.39 is 0 Å². The lowest BCUT2D eigenvalue weighted by Gasteiger charge is -2.29. The van der Waals surface area contributed by atoms with Crippen molar-refractivity contribution in [3.63, 3.8) is 0 Å². The van der Waals surface area contributed by atoms with Crippen molar-refractivity contribution in [3.8, 4) is 0 Å². The van der Waals surface area contributed by atoms with Gasteiger partial charge in [-0.05, 0) is 37.8 Å². The third-order valence-electron chi connectivity index (χ3n) is 3.52. The quantitative estimate of drug-likeness (QED) is 0.806. The molecule has 0 aromatic heterocycles. The van der Waals surface area contributed by atoms with E-state index in [1.54, 1.807) is 6.07 Å². The van der Waals surface area contributed by atoms with Crippen LogP contribution in [0.3, 0.4) is 0 Å². The van der Waals surface area contributed by atoms with Gasteiger partial charge in [0.1, 0.15) is 5.82 Å². The lowest BCUT2D eigenvalue weighted by molar-refractivity contribution is 0.285. The summed E-state index contributed by atoms with van der Waals surface area (Å²) < 4.78 is 13.6. The van der Waals surface area contributed by atoms with Crippen LogP contribution in [0.15, 0.2) is 18.2 Å². The standard InChI is InChI=1S/C14H20FN/c1-10-5-3-8-13(15)14(10)16-11(2)9-12-6-4-7-12/h3,5,8,11-12,16H,4,6-7,9H2,1-2H3. The highest BCUT2D eigenvalue weighted by Crippen LogP contribution is 2.31. The summed E-state index contributed by atoms with van der Waals surface area (Å²) in [5.74, 6) is 0.718. The molecule has 1 aromatic rings. The first kappa shape index (κ1) is 11.4. The van der Waals surface area contributed by atoms with Crippen LogP contribution in [0.4, 0.5) is 10.1 Å². The number of aryl methyl sites for hydroxylation is 1. The van der Waals surface area contributed by atoms with Gasteiger partial charge in [0.25, 0.3) is 0 Å². The fourth-order valence-corrected chi connectivity index (χ4v) is 2.35. The van der Waals surface area contributed by atoms with Crippen LogP contribution in [0, 0.1) is 18.7 Å². The Kier molecular flexibility index (Phi) is 3.47. The van der Waals surface area contributed by atoms with Crippen molar-refractivity contribution in [1.29, 1.82) is 0 Å². The second kappa shape index (κ2) is 4.86. The van der Waals surface area contributed by atoms with Gasteiger partial charge in [0.05, 0.1) is 5.69 Å². The van der Waals surface area contributed by atoms with Gasteiger partial charge in [0.15, 0.2) is 0 Å². The molecule has 1 aromatic carbocycles. The van der Waals surface area contributed by atoms with E-state index in [0.717, 1.165) is 17.9 Å². The van der Waals surface area contributed by atoms with Crippen LogP contribution >= 0.6 is 0 Å². The van der Waals surface area contributed by atoms with Crippen LogP contribution in [-0.2, 0) is 0 Å². The molecule has 0 spiro atoms. The van der Waals surface area contributed by atoms with Crippen LogP contribution in [0.25, 0.3) is 0 Å². The molecule has 1 fully saturated rings. The van der Waals surface area contributed by atoms with E-state index in [9.17, 15) is 4.39 Å². The van der Waals surface area contributed by atoms with Gasteiger partial charge >= 0.3 is 0 Å². The molecule has 1 atom stereocenters. The van der Waals surface area contributed by atoms with Crippen molar-refractivity contribution >= 4 is 5.69 Å². The summed E-state index contributed by atoms with van der Waals surface area (Å²) in [5.41, 5.74) is 1.66. The molecular formula is C14H20FN. The molecule has 1 aliphatic carbocycles. The van der Waals surface area contributed by atoms with Gasteiger partial charge in [-0.25, -0.2) is 4.39 Å². The summed E-state index contributed by atoms with van der Waals surface area (Å²) in [7, 11) is 0. The normalized spacial score (nSPS) is 17.9. The van der Waals surface area contributed by atoms with Crippen LogP contribution in [0.1, 0.15) is 38.2 Å². The maximum Gasteiger partial charge on any atom is 0.146 e. The Morgan fingerprint density at radius 1 is 1.44 bits per heavy atom. The molecular weight excluding hydrogens is 201 g/mol. The van der Waals surface area contributed by atoms with E-state index >= 15 is 0 Å². The largest absolute Gasteiger partial charge is 0.380 e. The minimum atomic E-state index is -0.138. The Morgan fingerprint density at radius 3 is 2.75 bits per heavy atom. The summed E-state index contributed by atoms with van der Waals surface area (Å²) >= 11 is 0. The van der Waals surface area contributed by atoms with E-state index in [4.69, 9.17) is 0 Å². The third kappa shape index (κ3) is 2.55. The smallest absolute Gasteiger partial charge is 0.146 e. The number of hydrogen-bond donors (Lipinski definition) is 1. The molecule has 0 saturated heterocycles. The van der Waals surface area contributed by atoms with Gasteiger partial charge in [-0.1, -0.05) is 31.4 Å². The molecule has 0 amide bonds. The van der Waals surface area contributed by atoms with Crippen LogP contribution in [0.5, 0.6) is 0 Å². The second-order valence-corrected chi connectivity index (χ2v) is 5.01. The highest BCUT2D eigenvalue weighted by molar-refractivity contribution is 5.52. The number of hydrogen-bond acceptors (Lipinski definition) is 1. The Hall–Kier alpha value is -1.05. The Bertz CT molecular complexity index is 338. The fraction of sp³-hybridized carbons (Fsp3) is 0.571. The average Bonchev–Trinajstić information content (AvgIpc) is 2.18. The molecule has 0 bridgehead atoms. The lowest BCUT2D eigenvalue weighted by Crippen LogP contribution is -2.24. The third-order valence-corrected chi connectivity index (χ3v) is 3.52. The molecule has 0 aliphatic heterocycles. The first-order valence-electron chi connectivity index (χ1n) is 6.18. The van der Waals surface area contributed by atoms with Gasteiger partial charge in [0, 0.05) is 6.04 Å². The molecule has 1 saturated carbocycles. The van der Waals surface area contributed by atoms with Crippen molar-refractivity contribution in [1.82, 2.24) is 0 Å². The number of anilines is 1. The van der Waals surface area contributed by atoms with Crippen LogP contribution in [-0.4, -0.2) is 6.04 Å². The zero-order valence-corrected chi connectivity index (χ0v) is 10.1. The molecule has 1 N–H and O–H groups in total. The van der Waals surface area contributed by atoms with E-state index in [1.165, 1.54) is 25.3 Å².